The van der Waals surface area contributed by atoms with Gasteiger partial charge in [0.1, 0.15) is 0 Å². The summed E-state index contributed by atoms with van der Waals surface area (Å²) in [5, 5.41) is 12.3. The first-order valence-corrected chi connectivity index (χ1v) is 5.31. The molecule has 0 aromatic heterocycles. The molecule has 76 valence electrons. The second-order valence-corrected chi connectivity index (χ2v) is 3.88. The van der Waals surface area contributed by atoms with Crippen LogP contribution in [0.5, 0.6) is 0 Å². The van der Waals surface area contributed by atoms with Crippen LogP contribution in [0.2, 0.25) is 0 Å². The van der Waals surface area contributed by atoms with Crippen LogP contribution in [0.4, 0.5) is 0 Å². The van der Waals surface area contributed by atoms with E-state index in [1.807, 2.05) is 18.2 Å². The summed E-state index contributed by atoms with van der Waals surface area (Å²) in [6.07, 6.45) is 1.43. The summed E-state index contributed by atoms with van der Waals surface area (Å²) in [5.41, 5.74) is 0.981. The van der Waals surface area contributed by atoms with Gasteiger partial charge in [0.2, 0.25) is 0 Å². The third kappa shape index (κ3) is 1.22. The summed E-state index contributed by atoms with van der Waals surface area (Å²) in [6, 6.07) is 18.6. The van der Waals surface area contributed by atoms with Gasteiger partial charge in [-0.05, 0) is 27.6 Å². The molecule has 0 unspecified atom stereocenters. The normalized spacial score (nSPS) is 10.8. The molecule has 1 heteroatoms. The summed E-state index contributed by atoms with van der Waals surface area (Å²) < 4.78 is 0. The second kappa shape index (κ2) is 3.46. The van der Waals surface area contributed by atoms with Gasteiger partial charge in [-0.15, -0.1) is 0 Å². The minimum atomic E-state index is 0.981. The van der Waals surface area contributed by atoms with Gasteiger partial charge in [0, 0.05) is 11.8 Å². The van der Waals surface area contributed by atoms with Crippen LogP contribution in [0.15, 0.2) is 54.6 Å². The van der Waals surface area contributed by atoms with Gasteiger partial charge in [0.25, 0.3) is 0 Å². The zero-order valence-electron chi connectivity index (χ0n) is 8.77. The highest BCUT2D eigenvalue weighted by Gasteiger charge is 2.03. The van der Waals surface area contributed by atoms with E-state index >= 15 is 0 Å². The molecule has 0 fully saturated rings. The van der Waals surface area contributed by atoms with Crippen LogP contribution in [0, 0.1) is 5.41 Å². The topological polar surface area (TPSA) is 23.9 Å². The van der Waals surface area contributed by atoms with E-state index in [1.54, 1.807) is 0 Å². The average Bonchev–Trinajstić information content (AvgIpc) is 2.38. The summed E-state index contributed by atoms with van der Waals surface area (Å²) in [5.74, 6) is 0. The maximum absolute atomic E-state index is 7.48. The van der Waals surface area contributed by atoms with E-state index in [4.69, 9.17) is 5.41 Å². The molecule has 0 saturated carbocycles. The third-order valence-corrected chi connectivity index (χ3v) is 2.96. The van der Waals surface area contributed by atoms with Crippen molar-refractivity contribution in [3.8, 4) is 0 Å². The SMILES string of the molecule is N=Cc1cc2ccccc2c2ccccc12. The molecule has 0 aliphatic rings. The molecule has 3 rings (SSSR count). The summed E-state index contributed by atoms with van der Waals surface area (Å²) in [4.78, 5) is 0. The molecule has 3 aromatic rings. The van der Waals surface area contributed by atoms with Gasteiger partial charge in [-0.25, -0.2) is 0 Å². The van der Waals surface area contributed by atoms with E-state index in [-0.39, 0.29) is 0 Å². The van der Waals surface area contributed by atoms with Gasteiger partial charge in [0.05, 0.1) is 0 Å². The summed E-state index contributed by atoms with van der Waals surface area (Å²) in [7, 11) is 0. The standard InChI is InChI=1S/C15H11N/c16-10-12-9-11-5-1-2-6-13(11)15-8-4-3-7-14(12)15/h1-10,16H. The highest BCUT2D eigenvalue weighted by molar-refractivity contribution is 6.13. The van der Waals surface area contributed by atoms with Crippen molar-refractivity contribution in [2.24, 2.45) is 0 Å². The monoisotopic (exact) mass is 205 g/mol. The van der Waals surface area contributed by atoms with E-state index < -0.39 is 0 Å². The largest absolute Gasteiger partial charge is 0.308 e. The fraction of sp³-hybridized carbons (Fsp3) is 0. The maximum Gasteiger partial charge on any atom is 0.0256 e. The number of hydrogen-bond donors (Lipinski definition) is 1. The van der Waals surface area contributed by atoms with Gasteiger partial charge in [0.15, 0.2) is 0 Å². The predicted octanol–water partition coefficient (Wildman–Crippen LogP) is 3.99. The second-order valence-electron chi connectivity index (χ2n) is 3.88. The minimum absolute atomic E-state index is 0.981. The fourth-order valence-corrected chi connectivity index (χ4v) is 2.20. The molecule has 0 bridgehead atoms. The molecule has 0 heterocycles. The molecular weight excluding hydrogens is 194 g/mol. The lowest BCUT2D eigenvalue weighted by molar-refractivity contribution is 1.56. The van der Waals surface area contributed by atoms with Crippen LogP contribution in [-0.2, 0) is 0 Å². The van der Waals surface area contributed by atoms with Gasteiger partial charge in [-0.1, -0.05) is 48.5 Å². The molecule has 0 aliphatic carbocycles. The lowest BCUT2D eigenvalue weighted by Gasteiger charge is -2.06. The molecule has 1 nitrogen and oxygen atoms in total. The Bertz CT molecular complexity index is 683. The molecule has 0 saturated heterocycles. The van der Waals surface area contributed by atoms with Gasteiger partial charge in [-0.2, -0.15) is 0 Å². The molecule has 0 spiro atoms. The van der Waals surface area contributed by atoms with Crippen LogP contribution in [0.25, 0.3) is 21.5 Å². The van der Waals surface area contributed by atoms with E-state index in [1.165, 1.54) is 22.4 Å². The fourth-order valence-electron chi connectivity index (χ4n) is 2.20. The number of fused-ring (bicyclic) bond motifs is 3. The van der Waals surface area contributed by atoms with Crippen molar-refractivity contribution in [2.75, 3.05) is 0 Å². The Kier molecular flexibility index (Phi) is 1.97. The predicted molar refractivity (Wildman–Crippen MR) is 69.3 cm³/mol. The highest BCUT2D eigenvalue weighted by atomic mass is 14.3. The van der Waals surface area contributed by atoms with Crippen molar-refractivity contribution in [3.63, 3.8) is 0 Å². The Balaban J connectivity index is 2.62. The van der Waals surface area contributed by atoms with E-state index in [9.17, 15) is 0 Å². The zero-order chi connectivity index (χ0) is 11.0. The number of benzene rings is 3. The Hall–Kier alpha value is -2.15. The van der Waals surface area contributed by atoms with Gasteiger partial charge >= 0.3 is 0 Å². The summed E-state index contributed by atoms with van der Waals surface area (Å²) in [6.45, 7) is 0. The highest BCUT2D eigenvalue weighted by Crippen LogP contribution is 2.27. The van der Waals surface area contributed by atoms with E-state index in [0.717, 1.165) is 10.9 Å². The maximum atomic E-state index is 7.48. The molecule has 0 atom stereocenters. The Morgan fingerprint density at radius 3 is 2.12 bits per heavy atom. The van der Waals surface area contributed by atoms with Crippen molar-refractivity contribution in [2.45, 2.75) is 0 Å². The van der Waals surface area contributed by atoms with E-state index in [0.29, 0.717) is 0 Å². The molecular formula is C15H11N. The minimum Gasteiger partial charge on any atom is -0.308 e. The molecule has 1 N–H and O–H groups in total. The lowest BCUT2D eigenvalue weighted by atomic mass is 9.98. The Morgan fingerprint density at radius 1 is 0.750 bits per heavy atom. The Labute approximate surface area is 93.8 Å². The van der Waals surface area contributed by atoms with Crippen LogP contribution in [0.1, 0.15) is 5.56 Å². The quantitative estimate of drug-likeness (QED) is 0.459. The Morgan fingerprint density at radius 2 is 1.38 bits per heavy atom. The number of rotatable bonds is 1. The molecule has 0 amide bonds. The smallest absolute Gasteiger partial charge is 0.0256 e. The van der Waals surface area contributed by atoms with Crippen LogP contribution < -0.4 is 0 Å². The average molecular weight is 205 g/mol. The lowest BCUT2D eigenvalue weighted by Crippen LogP contribution is -1.85. The van der Waals surface area contributed by atoms with Crippen molar-refractivity contribution in [1.29, 1.82) is 5.41 Å². The molecule has 16 heavy (non-hydrogen) atoms. The zero-order valence-corrected chi connectivity index (χ0v) is 8.77. The van der Waals surface area contributed by atoms with Crippen LogP contribution in [0.3, 0.4) is 0 Å². The van der Waals surface area contributed by atoms with Crippen molar-refractivity contribution < 1.29 is 0 Å². The third-order valence-electron chi connectivity index (χ3n) is 2.96. The van der Waals surface area contributed by atoms with E-state index in [2.05, 4.69) is 36.4 Å². The van der Waals surface area contributed by atoms with Gasteiger partial charge < -0.3 is 5.41 Å². The summed E-state index contributed by atoms with van der Waals surface area (Å²) >= 11 is 0. The first kappa shape index (κ1) is 9.10. The van der Waals surface area contributed by atoms with Crippen molar-refractivity contribution in [3.05, 3.63) is 60.2 Å². The first-order chi connectivity index (χ1) is 7.90. The van der Waals surface area contributed by atoms with Crippen LogP contribution >= 0.6 is 0 Å². The number of nitrogens with one attached hydrogen (secondary N) is 1. The first-order valence-electron chi connectivity index (χ1n) is 5.31. The van der Waals surface area contributed by atoms with Crippen molar-refractivity contribution in [1.82, 2.24) is 0 Å². The molecule has 3 aromatic carbocycles. The van der Waals surface area contributed by atoms with Gasteiger partial charge in [-0.3, -0.25) is 0 Å². The molecule has 0 radical (unpaired) electrons. The molecule has 0 aliphatic heterocycles. The van der Waals surface area contributed by atoms with Crippen LogP contribution in [-0.4, -0.2) is 6.21 Å². The number of hydrogen-bond acceptors (Lipinski definition) is 1. The van der Waals surface area contributed by atoms with Crippen molar-refractivity contribution >= 4 is 27.8 Å².